The zero-order chi connectivity index (χ0) is 15.0. The number of anilines is 1. The van der Waals surface area contributed by atoms with Crippen LogP contribution in [0.2, 0.25) is 0 Å². The first-order valence-electron chi connectivity index (χ1n) is 7.34. The van der Waals surface area contributed by atoms with Gasteiger partial charge in [-0.3, -0.25) is 9.69 Å². The van der Waals surface area contributed by atoms with Gasteiger partial charge in [-0.05, 0) is 44.5 Å². The third-order valence-electron chi connectivity index (χ3n) is 4.40. The van der Waals surface area contributed by atoms with E-state index in [9.17, 15) is 13.6 Å². The largest absolute Gasteiger partial charge is 0.396 e. The lowest BCUT2D eigenvalue weighted by atomic mass is 10.1. The minimum absolute atomic E-state index is 0.269. The number of rotatable bonds is 2. The van der Waals surface area contributed by atoms with Crippen molar-refractivity contribution in [2.24, 2.45) is 0 Å². The first-order valence-corrected chi connectivity index (χ1v) is 7.34. The number of hydrogen-bond acceptors (Lipinski definition) is 3. The summed E-state index contributed by atoms with van der Waals surface area (Å²) < 4.78 is 27.3. The van der Waals surface area contributed by atoms with E-state index in [1.807, 2.05) is 0 Å². The zero-order valence-corrected chi connectivity index (χ0v) is 11.8. The lowest BCUT2D eigenvalue weighted by molar-refractivity contribution is 0.0775. The fourth-order valence-electron chi connectivity index (χ4n) is 3.27. The molecular weight excluding hydrogens is 276 g/mol. The number of benzene rings is 1. The molecule has 0 bridgehead atoms. The summed E-state index contributed by atoms with van der Waals surface area (Å²) in [5, 5.41) is 0. The van der Waals surface area contributed by atoms with Crippen molar-refractivity contribution in [1.82, 2.24) is 9.80 Å². The Kier molecular flexibility index (Phi) is 3.80. The molecule has 2 N–H and O–H groups in total. The molecule has 1 amide bonds. The standard InChI is InChI=1S/C15H19F2N3O/c16-10-7-12(14(17)13(18)8-10)15(21)20-6-3-11(9-20)19-4-1-2-5-19/h7-8,11H,1-6,9,18H2. The summed E-state index contributed by atoms with van der Waals surface area (Å²) >= 11 is 0. The monoisotopic (exact) mass is 295 g/mol. The van der Waals surface area contributed by atoms with Crippen molar-refractivity contribution in [3.8, 4) is 0 Å². The molecule has 114 valence electrons. The normalized spacial score (nSPS) is 23.0. The summed E-state index contributed by atoms with van der Waals surface area (Å²) in [4.78, 5) is 16.4. The Morgan fingerprint density at radius 1 is 1.19 bits per heavy atom. The van der Waals surface area contributed by atoms with Gasteiger partial charge < -0.3 is 10.6 Å². The summed E-state index contributed by atoms with van der Waals surface area (Å²) in [6.07, 6.45) is 3.27. The van der Waals surface area contributed by atoms with E-state index in [1.165, 1.54) is 12.8 Å². The molecule has 2 aliphatic heterocycles. The Labute approximate surface area is 122 Å². The fraction of sp³-hybridized carbons (Fsp3) is 0.533. The van der Waals surface area contributed by atoms with E-state index in [4.69, 9.17) is 5.73 Å². The van der Waals surface area contributed by atoms with Crippen LogP contribution in [0.5, 0.6) is 0 Å². The number of nitrogens with zero attached hydrogens (tertiary/aromatic N) is 2. The van der Waals surface area contributed by atoms with Crippen LogP contribution in [0.15, 0.2) is 12.1 Å². The van der Waals surface area contributed by atoms with Gasteiger partial charge in [-0.25, -0.2) is 8.78 Å². The first-order chi connectivity index (χ1) is 10.1. The van der Waals surface area contributed by atoms with Crippen molar-refractivity contribution in [1.29, 1.82) is 0 Å². The Morgan fingerprint density at radius 3 is 2.62 bits per heavy atom. The maximum atomic E-state index is 13.9. The van der Waals surface area contributed by atoms with Gasteiger partial charge in [-0.1, -0.05) is 0 Å². The maximum Gasteiger partial charge on any atom is 0.257 e. The smallest absolute Gasteiger partial charge is 0.257 e. The fourth-order valence-corrected chi connectivity index (χ4v) is 3.27. The maximum absolute atomic E-state index is 13.9. The van der Waals surface area contributed by atoms with Crippen LogP contribution in [-0.2, 0) is 0 Å². The van der Waals surface area contributed by atoms with E-state index in [2.05, 4.69) is 4.90 Å². The predicted octanol–water partition coefficient (Wildman–Crippen LogP) is 1.86. The highest BCUT2D eigenvalue weighted by Crippen LogP contribution is 2.24. The molecular formula is C15H19F2N3O. The molecule has 21 heavy (non-hydrogen) atoms. The summed E-state index contributed by atoms with van der Waals surface area (Å²) in [5.41, 5.74) is 4.80. The summed E-state index contributed by atoms with van der Waals surface area (Å²) in [7, 11) is 0. The molecule has 3 rings (SSSR count). The molecule has 4 nitrogen and oxygen atoms in total. The molecule has 2 heterocycles. The van der Waals surface area contributed by atoms with Gasteiger partial charge in [-0.15, -0.1) is 0 Å². The SMILES string of the molecule is Nc1cc(F)cc(C(=O)N2CCC(N3CCCC3)C2)c1F. The van der Waals surface area contributed by atoms with Gasteiger partial charge in [0.1, 0.15) is 5.82 Å². The van der Waals surface area contributed by atoms with Crippen molar-refractivity contribution in [2.45, 2.75) is 25.3 Å². The van der Waals surface area contributed by atoms with Gasteiger partial charge in [0, 0.05) is 19.1 Å². The molecule has 1 aromatic rings. The van der Waals surface area contributed by atoms with Crippen LogP contribution in [0.4, 0.5) is 14.5 Å². The van der Waals surface area contributed by atoms with Crippen LogP contribution < -0.4 is 5.73 Å². The minimum Gasteiger partial charge on any atom is -0.396 e. The second-order valence-corrected chi connectivity index (χ2v) is 5.79. The highest BCUT2D eigenvalue weighted by molar-refractivity contribution is 5.95. The topological polar surface area (TPSA) is 49.6 Å². The van der Waals surface area contributed by atoms with Crippen LogP contribution in [-0.4, -0.2) is 47.9 Å². The van der Waals surface area contributed by atoms with Gasteiger partial charge in [0.25, 0.3) is 5.91 Å². The van der Waals surface area contributed by atoms with Crippen LogP contribution in [0.25, 0.3) is 0 Å². The molecule has 6 heteroatoms. The van der Waals surface area contributed by atoms with Gasteiger partial charge in [0.15, 0.2) is 5.82 Å². The highest BCUT2D eigenvalue weighted by Gasteiger charge is 2.33. The second kappa shape index (κ2) is 5.60. The number of carbonyl (C=O) groups is 1. The van der Waals surface area contributed by atoms with Crippen molar-refractivity contribution >= 4 is 11.6 Å². The van der Waals surface area contributed by atoms with Crippen LogP contribution >= 0.6 is 0 Å². The summed E-state index contributed by atoms with van der Waals surface area (Å²) in [6.45, 7) is 3.28. The molecule has 1 aromatic carbocycles. The Balaban J connectivity index is 1.74. The number of amides is 1. The average molecular weight is 295 g/mol. The lowest BCUT2D eigenvalue weighted by Gasteiger charge is -2.23. The Morgan fingerprint density at radius 2 is 1.90 bits per heavy atom. The number of nitrogens with two attached hydrogens (primary N) is 1. The summed E-state index contributed by atoms with van der Waals surface area (Å²) in [6, 6.07) is 2.16. The van der Waals surface area contributed by atoms with Crippen molar-refractivity contribution in [2.75, 3.05) is 31.9 Å². The molecule has 0 aromatic heterocycles. The Hall–Kier alpha value is -1.69. The van der Waals surface area contributed by atoms with E-state index >= 15 is 0 Å². The van der Waals surface area contributed by atoms with Crippen molar-refractivity contribution < 1.29 is 13.6 Å². The lowest BCUT2D eigenvalue weighted by Crippen LogP contribution is -2.37. The van der Waals surface area contributed by atoms with Gasteiger partial charge in [0.05, 0.1) is 11.3 Å². The summed E-state index contributed by atoms with van der Waals surface area (Å²) in [5.74, 6) is -1.99. The Bertz CT molecular complexity index is 558. The second-order valence-electron chi connectivity index (χ2n) is 5.79. The van der Waals surface area contributed by atoms with E-state index in [1.54, 1.807) is 4.90 Å². The molecule has 2 fully saturated rings. The van der Waals surface area contributed by atoms with E-state index in [0.717, 1.165) is 31.6 Å². The van der Waals surface area contributed by atoms with Gasteiger partial charge in [-0.2, -0.15) is 0 Å². The molecule has 2 saturated heterocycles. The molecule has 0 aliphatic carbocycles. The molecule has 0 radical (unpaired) electrons. The molecule has 0 saturated carbocycles. The number of nitrogen functional groups attached to an aromatic ring is 1. The number of halogens is 2. The number of hydrogen-bond donors (Lipinski definition) is 1. The van der Waals surface area contributed by atoms with Crippen molar-refractivity contribution in [3.05, 3.63) is 29.3 Å². The average Bonchev–Trinajstić information content (AvgIpc) is 3.11. The van der Waals surface area contributed by atoms with Gasteiger partial charge >= 0.3 is 0 Å². The van der Waals surface area contributed by atoms with E-state index < -0.39 is 17.5 Å². The first kappa shape index (κ1) is 14.3. The van der Waals surface area contributed by atoms with E-state index in [-0.39, 0.29) is 11.3 Å². The number of likely N-dealkylation sites (tertiary alicyclic amines) is 2. The van der Waals surface area contributed by atoms with Crippen LogP contribution in [0, 0.1) is 11.6 Å². The molecule has 0 spiro atoms. The zero-order valence-electron chi connectivity index (χ0n) is 11.8. The molecule has 1 atom stereocenters. The minimum atomic E-state index is -0.828. The van der Waals surface area contributed by atoms with Gasteiger partial charge in [0.2, 0.25) is 0 Å². The van der Waals surface area contributed by atoms with E-state index in [0.29, 0.717) is 19.1 Å². The molecule has 2 aliphatic rings. The quantitative estimate of drug-likeness (QED) is 0.847. The third kappa shape index (κ3) is 2.72. The number of carbonyl (C=O) groups excluding carboxylic acids is 1. The molecule has 1 unspecified atom stereocenters. The third-order valence-corrected chi connectivity index (χ3v) is 4.40. The van der Waals surface area contributed by atoms with Crippen LogP contribution in [0.3, 0.4) is 0 Å². The van der Waals surface area contributed by atoms with Crippen LogP contribution in [0.1, 0.15) is 29.6 Å². The predicted molar refractivity (Wildman–Crippen MR) is 75.9 cm³/mol. The highest BCUT2D eigenvalue weighted by atomic mass is 19.1. The van der Waals surface area contributed by atoms with Crippen molar-refractivity contribution in [3.63, 3.8) is 0 Å².